The Balaban J connectivity index is 1.52. The van der Waals surface area contributed by atoms with E-state index in [0.29, 0.717) is 23.6 Å². The summed E-state index contributed by atoms with van der Waals surface area (Å²) >= 11 is 1.41. The van der Waals surface area contributed by atoms with Crippen LogP contribution in [0, 0.1) is 6.92 Å². The lowest BCUT2D eigenvalue weighted by atomic mass is 10.0. The summed E-state index contributed by atoms with van der Waals surface area (Å²) in [5.74, 6) is 0.246. The van der Waals surface area contributed by atoms with Crippen LogP contribution in [0.3, 0.4) is 0 Å². The molecule has 182 valence electrons. The molecule has 1 aliphatic heterocycles. The number of rotatable bonds is 3. The maximum Gasteiger partial charge on any atom is 0.433 e. The second-order valence-electron chi connectivity index (χ2n) is 8.69. The highest BCUT2D eigenvalue weighted by molar-refractivity contribution is 7.22. The molecule has 0 spiro atoms. The first kappa shape index (κ1) is 22.7. The third-order valence-corrected chi connectivity index (χ3v) is 7.25. The molecule has 5 aromatic rings. The summed E-state index contributed by atoms with van der Waals surface area (Å²) in [6, 6.07) is 7.76. The van der Waals surface area contributed by atoms with Crippen molar-refractivity contribution in [3.05, 3.63) is 76.1 Å². The van der Waals surface area contributed by atoms with Gasteiger partial charge in [-0.05, 0) is 49.2 Å². The van der Waals surface area contributed by atoms with Gasteiger partial charge in [0.2, 0.25) is 5.43 Å². The van der Waals surface area contributed by atoms with E-state index < -0.39 is 11.9 Å². The Kier molecular flexibility index (Phi) is 5.34. The van der Waals surface area contributed by atoms with E-state index in [-0.39, 0.29) is 28.2 Å². The van der Waals surface area contributed by atoms with Crippen molar-refractivity contribution < 1.29 is 17.9 Å². The zero-order valence-electron chi connectivity index (χ0n) is 18.9. The van der Waals surface area contributed by atoms with Gasteiger partial charge in [0.05, 0.1) is 28.9 Å². The molecule has 0 radical (unpaired) electrons. The van der Waals surface area contributed by atoms with Gasteiger partial charge in [-0.3, -0.25) is 14.8 Å². The standard InChI is InChI=1S/C25H18F3N5O2S/c1-13-6-18-22(31-9-13)24(34)23(32-33(18)16-2-3-21(30-11-16)25(26,27)28)20-7-15-10-29-17(8-19(15)36-20)14-4-5-35-12-14/h2-3,6-11,14H,4-5,12H2,1H3/t14-/m1/s1. The van der Waals surface area contributed by atoms with Crippen molar-refractivity contribution in [2.75, 3.05) is 13.2 Å². The van der Waals surface area contributed by atoms with Crippen molar-refractivity contribution in [2.24, 2.45) is 0 Å². The molecule has 6 rings (SSSR count). The third kappa shape index (κ3) is 3.94. The second-order valence-corrected chi connectivity index (χ2v) is 9.77. The van der Waals surface area contributed by atoms with Crippen molar-refractivity contribution in [1.29, 1.82) is 0 Å². The van der Waals surface area contributed by atoms with Gasteiger partial charge in [-0.25, -0.2) is 9.67 Å². The van der Waals surface area contributed by atoms with Gasteiger partial charge in [0.15, 0.2) is 5.69 Å². The number of hydrogen-bond acceptors (Lipinski definition) is 7. The molecule has 1 atom stereocenters. The monoisotopic (exact) mass is 509 g/mol. The Bertz CT molecular complexity index is 1670. The van der Waals surface area contributed by atoms with Crippen molar-refractivity contribution in [3.63, 3.8) is 0 Å². The Morgan fingerprint density at radius 2 is 1.94 bits per heavy atom. The minimum absolute atomic E-state index is 0.158. The molecular formula is C25H18F3N5O2S. The summed E-state index contributed by atoms with van der Waals surface area (Å²) in [5, 5.41) is 5.46. The van der Waals surface area contributed by atoms with Crippen LogP contribution < -0.4 is 5.43 Å². The molecule has 36 heavy (non-hydrogen) atoms. The minimum Gasteiger partial charge on any atom is -0.381 e. The number of alkyl halides is 3. The largest absolute Gasteiger partial charge is 0.433 e. The van der Waals surface area contributed by atoms with Gasteiger partial charge in [-0.15, -0.1) is 11.3 Å². The molecule has 1 aliphatic rings. The summed E-state index contributed by atoms with van der Waals surface area (Å²) in [6.07, 6.45) is 0.809. The molecule has 0 saturated carbocycles. The molecule has 0 aliphatic carbocycles. The average Bonchev–Trinajstić information content (AvgIpc) is 3.53. The third-order valence-electron chi connectivity index (χ3n) is 6.15. The lowest BCUT2D eigenvalue weighted by Gasteiger charge is -2.12. The van der Waals surface area contributed by atoms with Crippen LogP contribution >= 0.6 is 11.3 Å². The zero-order valence-corrected chi connectivity index (χ0v) is 19.7. The minimum atomic E-state index is -4.56. The predicted octanol–water partition coefficient (Wildman–Crippen LogP) is 5.28. The maximum absolute atomic E-state index is 13.4. The maximum atomic E-state index is 13.4. The van der Waals surface area contributed by atoms with Crippen LogP contribution in [-0.2, 0) is 10.9 Å². The Morgan fingerprint density at radius 1 is 1.08 bits per heavy atom. The number of pyridine rings is 3. The normalized spacial score (nSPS) is 16.3. The first-order chi connectivity index (χ1) is 17.3. The van der Waals surface area contributed by atoms with Gasteiger partial charge in [-0.2, -0.15) is 18.3 Å². The van der Waals surface area contributed by atoms with Crippen molar-refractivity contribution in [2.45, 2.75) is 25.4 Å². The van der Waals surface area contributed by atoms with Crippen LogP contribution in [0.15, 0.2) is 53.7 Å². The molecule has 0 unspecified atom stereocenters. The summed E-state index contributed by atoms with van der Waals surface area (Å²) < 4.78 is 47.0. The van der Waals surface area contributed by atoms with Crippen molar-refractivity contribution in [3.8, 4) is 16.3 Å². The highest BCUT2D eigenvalue weighted by atomic mass is 32.1. The quantitative estimate of drug-likeness (QED) is 0.329. The number of ether oxygens (including phenoxy) is 1. The Hall–Kier alpha value is -3.70. The van der Waals surface area contributed by atoms with Crippen LogP contribution in [0.25, 0.3) is 37.4 Å². The van der Waals surface area contributed by atoms with E-state index in [1.165, 1.54) is 22.1 Å². The number of halogens is 3. The summed E-state index contributed by atoms with van der Waals surface area (Å²) in [7, 11) is 0. The number of nitrogens with zero attached hydrogens (tertiary/aromatic N) is 5. The van der Waals surface area contributed by atoms with E-state index in [2.05, 4.69) is 20.1 Å². The molecule has 6 heterocycles. The zero-order chi connectivity index (χ0) is 25.0. The molecule has 1 saturated heterocycles. The molecular weight excluding hydrogens is 491 g/mol. The van der Waals surface area contributed by atoms with Gasteiger partial charge in [0.25, 0.3) is 0 Å². The van der Waals surface area contributed by atoms with Gasteiger partial charge in [-0.1, -0.05) is 0 Å². The van der Waals surface area contributed by atoms with Gasteiger partial charge in [0, 0.05) is 40.7 Å². The van der Waals surface area contributed by atoms with E-state index in [0.717, 1.165) is 40.0 Å². The second kappa shape index (κ2) is 8.45. The van der Waals surface area contributed by atoms with Crippen LogP contribution in [0.2, 0.25) is 0 Å². The summed E-state index contributed by atoms with van der Waals surface area (Å²) in [4.78, 5) is 26.5. The SMILES string of the molecule is Cc1cnc2c(=O)c(-c3cc4cnc([C@@H]5CCOC5)cc4s3)nn(-c3ccc(C(F)(F)F)nc3)c2c1. The lowest BCUT2D eigenvalue weighted by molar-refractivity contribution is -0.141. The summed E-state index contributed by atoms with van der Waals surface area (Å²) in [6.45, 7) is 3.16. The summed E-state index contributed by atoms with van der Waals surface area (Å²) in [5.41, 5.74) is 1.36. The van der Waals surface area contributed by atoms with Crippen LogP contribution in [0.1, 0.15) is 29.3 Å². The highest BCUT2D eigenvalue weighted by Gasteiger charge is 2.32. The van der Waals surface area contributed by atoms with Crippen molar-refractivity contribution >= 4 is 32.5 Å². The average molecular weight is 510 g/mol. The highest BCUT2D eigenvalue weighted by Crippen LogP contribution is 2.34. The first-order valence-electron chi connectivity index (χ1n) is 11.2. The molecule has 1 fully saturated rings. The number of aromatic nitrogens is 5. The van der Waals surface area contributed by atoms with Crippen LogP contribution in [-0.4, -0.2) is 37.9 Å². The topological polar surface area (TPSA) is 82.8 Å². The van der Waals surface area contributed by atoms with Gasteiger partial charge in [0.1, 0.15) is 11.2 Å². The molecule has 7 nitrogen and oxygen atoms in total. The number of thiophene rings is 1. The lowest BCUT2D eigenvalue weighted by Crippen LogP contribution is -2.17. The molecule has 0 aromatic carbocycles. The fraction of sp³-hybridized carbons (Fsp3) is 0.240. The van der Waals surface area contributed by atoms with E-state index in [4.69, 9.17) is 4.74 Å². The van der Waals surface area contributed by atoms with Crippen molar-refractivity contribution in [1.82, 2.24) is 24.7 Å². The Labute approximate surface area is 206 Å². The van der Waals surface area contributed by atoms with Gasteiger partial charge < -0.3 is 4.74 Å². The van der Waals surface area contributed by atoms with E-state index in [1.54, 1.807) is 18.5 Å². The molecule has 11 heteroatoms. The molecule has 5 aromatic heterocycles. The first-order valence-corrected chi connectivity index (χ1v) is 12.0. The number of hydrogen-bond donors (Lipinski definition) is 0. The smallest absolute Gasteiger partial charge is 0.381 e. The Morgan fingerprint density at radius 3 is 2.67 bits per heavy atom. The van der Waals surface area contributed by atoms with E-state index in [9.17, 15) is 18.0 Å². The number of fused-ring (bicyclic) bond motifs is 2. The van der Waals surface area contributed by atoms with Crippen LogP contribution in [0.4, 0.5) is 13.2 Å². The van der Waals surface area contributed by atoms with E-state index >= 15 is 0 Å². The fourth-order valence-electron chi connectivity index (χ4n) is 4.29. The molecule has 0 N–H and O–H groups in total. The van der Waals surface area contributed by atoms with Gasteiger partial charge >= 0.3 is 6.18 Å². The van der Waals surface area contributed by atoms with E-state index in [1.807, 2.05) is 19.1 Å². The molecule has 0 bridgehead atoms. The molecule has 0 amide bonds. The number of aryl methyl sites for hydroxylation is 1. The fourth-order valence-corrected chi connectivity index (χ4v) is 5.36. The van der Waals surface area contributed by atoms with Crippen LogP contribution in [0.5, 0.6) is 0 Å². The predicted molar refractivity (Wildman–Crippen MR) is 129 cm³/mol.